The van der Waals surface area contributed by atoms with E-state index in [4.69, 9.17) is 0 Å². The van der Waals surface area contributed by atoms with Gasteiger partial charge in [0.2, 0.25) is 0 Å². The summed E-state index contributed by atoms with van der Waals surface area (Å²) < 4.78 is 1.96. The number of aryl methyl sites for hydroxylation is 2. The zero-order valence-electron chi connectivity index (χ0n) is 13.2. The Morgan fingerprint density at radius 1 is 1.09 bits per heavy atom. The predicted molar refractivity (Wildman–Crippen MR) is 91.6 cm³/mol. The maximum atomic E-state index is 11.5. The number of hydrogen-bond acceptors (Lipinski definition) is 1. The summed E-state index contributed by atoms with van der Waals surface area (Å²) in [6.45, 7) is 4.27. The van der Waals surface area contributed by atoms with Crippen LogP contribution in [0.25, 0.3) is 16.6 Å². The van der Waals surface area contributed by atoms with Crippen molar-refractivity contribution < 1.29 is 4.79 Å². The third-order valence-electron chi connectivity index (χ3n) is 4.16. The molecule has 2 heterocycles. The molecule has 0 aliphatic heterocycles. The molecule has 0 unspecified atom stereocenters. The van der Waals surface area contributed by atoms with Crippen molar-refractivity contribution in [2.75, 3.05) is 0 Å². The smallest absolute Gasteiger partial charge is 0.167 e. The molecule has 0 N–H and O–H groups in total. The van der Waals surface area contributed by atoms with Gasteiger partial charge in [-0.25, -0.2) is 0 Å². The van der Waals surface area contributed by atoms with Crippen LogP contribution in [-0.2, 0) is 6.42 Å². The second kappa shape index (κ2) is 6.18. The van der Waals surface area contributed by atoms with Crippen molar-refractivity contribution in [2.24, 2.45) is 0 Å². The highest BCUT2D eigenvalue weighted by Crippen LogP contribution is 2.27. The van der Waals surface area contributed by atoms with Crippen molar-refractivity contribution in [3.8, 4) is 11.1 Å². The van der Waals surface area contributed by atoms with E-state index in [1.165, 1.54) is 24.0 Å². The Labute approximate surface area is 131 Å². The highest BCUT2D eigenvalue weighted by atomic mass is 16.1. The van der Waals surface area contributed by atoms with Crippen molar-refractivity contribution >= 4 is 11.8 Å². The van der Waals surface area contributed by atoms with E-state index in [0.29, 0.717) is 0 Å². The highest BCUT2D eigenvalue weighted by Gasteiger charge is 2.11. The fourth-order valence-electron chi connectivity index (χ4n) is 2.89. The first-order chi connectivity index (χ1) is 10.7. The van der Waals surface area contributed by atoms with Crippen molar-refractivity contribution in [1.29, 1.82) is 0 Å². The van der Waals surface area contributed by atoms with Crippen LogP contribution in [0.2, 0.25) is 0 Å². The van der Waals surface area contributed by atoms with Gasteiger partial charge in [0.1, 0.15) is 0 Å². The third-order valence-corrected chi connectivity index (χ3v) is 4.16. The lowest BCUT2D eigenvalue weighted by molar-refractivity contribution is 0.111. The van der Waals surface area contributed by atoms with Crippen LogP contribution in [0.3, 0.4) is 0 Å². The van der Waals surface area contributed by atoms with E-state index >= 15 is 0 Å². The average Bonchev–Trinajstić information content (AvgIpc) is 2.90. The Balaban J connectivity index is 2.03. The Kier molecular flexibility index (Phi) is 4.10. The summed E-state index contributed by atoms with van der Waals surface area (Å²) in [5, 5.41) is 0. The van der Waals surface area contributed by atoms with Crippen molar-refractivity contribution in [1.82, 2.24) is 4.40 Å². The number of nitrogens with zero attached hydrogens (tertiary/aromatic N) is 1. The fourth-order valence-corrected chi connectivity index (χ4v) is 2.89. The minimum atomic E-state index is 0.719. The molecule has 0 radical (unpaired) electrons. The maximum absolute atomic E-state index is 11.5. The Bertz CT molecular complexity index is 796. The average molecular weight is 291 g/mol. The summed E-state index contributed by atoms with van der Waals surface area (Å²) in [4.78, 5) is 11.5. The summed E-state index contributed by atoms with van der Waals surface area (Å²) in [5.41, 5.74) is 6.44. The largest absolute Gasteiger partial charge is 0.314 e. The van der Waals surface area contributed by atoms with Crippen LogP contribution in [0, 0.1) is 6.92 Å². The normalized spacial score (nSPS) is 11.0. The molecular weight excluding hydrogens is 270 g/mol. The van der Waals surface area contributed by atoms with Crippen LogP contribution in [0.15, 0.2) is 48.7 Å². The van der Waals surface area contributed by atoms with Crippen LogP contribution in [0.1, 0.15) is 41.4 Å². The van der Waals surface area contributed by atoms with E-state index in [1.54, 1.807) is 0 Å². The lowest BCUT2D eigenvalue weighted by Crippen LogP contribution is -1.92. The van der Waals surface area contributed by atoms with Gasteiger partial charge in [-0.05, 0) is 54.7 Å². The van der Waals surface area contributed by atoms with Gasteiger partial charge in [0.05, 0.1) is 5.69 Å². The third kappa shape index (κ3) is 2.69. The van der Waals surface area contributed by atoms with E-state index in [1.807, 2.05) is 16.7 Å². The summed E-state index contributed by atoms with van der Waals surface area (Å²) in [6, 6.07) is 14.8. The molecule has 3 rings (SSSR count). The number of carbonyl (C=O) groups is 1. The fraction of sp³-hybridized carbons (Fsp3) is 0.250. The molecule has 0 fully saturated rings. The molecule has 0 bridgehead atoms. The number of rotatable bonds is 5. The van der Waals surface area contributed by atoms with Gasteiger partial charge in [-0.1, -0.05) is 37.6 Å². The Morgan fingerprint density at radius 2 is 1.86 bits per heavy atom. The molecule has 3 aromatic rings. The van der Waals surface area contributed by atoms with Crippen LogP contribution in [0.5, 0.6) is 0 Å². The minimum Gasteiger partial charge on any atom is -0.314 e. The topological polar surface area (TPSA) is 21.5 Å². The number of aromatic nitrogens is 1. The van der Waals surface area contributed by atoms with Crippen LogP contribution < -0.4 is 0 Å². The van der Waals surface area contributed by atoms with Gasteiger partial charge in [0.25, 0.3) is 0 Å². The summed E-state index contributed by atoms with van der Waals surface area (Å²) in [6.07, 6.45) is 6.46. The SMILES string of the molecule is CCCCc1ccc(-c2cc3cc(C)ccn3c2C=O)cc1. The van der Waals surface area contributed by atoms with Crippen molar-refractivity contribution in [2.45, 2.75) is 33.1 Å². The summed E-state index contributed by atoms with van der Waals surface area (Å²) in [7, 11) is 0. The minimum absolute atomic E-state index is 0.719. The van der Waals surface area contributed by atoms with Crippen LogP contribution in [0.4, 0.5) is 0 Å². The summed E-state index contributed by atoms with van der Waals surface area (Å²) in [5.74, 6) is 0. The van der Waals surface area contributed by atoms with E-state index in [2.05, 4.69) is 50.2 Å². The molecule has 0 aliphatic rings. The quantitative estimate of drug-likeness (QED) is 0.601. The number of hydrogen-bond donors (Lipinski definition) is 0. The Morgan fingerprint density at radius 3 is 2.55 bits per heavy atom. The lowest BCUT2D eigenvalue weighted by atomic mass is 10.0. The number of benzene rings is 1. The van der Waals surface area contributed by atoms with E-state index < -0.39 is 0 Å². The highest BCUT2D eigenvalue weighted by molar-refractivity contribution is 5.89. The molecular formula is C20H21NO. The molecule has 0 aliphatic carbocycles. The second-order valence-corrected chi connectivity index (χ2v) is 5.86. The van der Waals surface area contributed by atoms with Crippen molar-refractivity contribution in [3.63, 3.8) is 0 Å². The van der Waals surface area contributed by atoms with Crippen LogP contribution >= 0.6 is 0 Å². The Hall–Kier alpha value is -2.35. The monoisotopic (exact) mass is 291 g/mol. The molecule has 0 saturated heterocycles. The first-order valence-electron chi connectivity index (χ1n) is 7.89. The second-order valence-electron chi connectivity index (χ2n) is 5.86. The van der Waals surface area contributed by atoms with Crippen LogP contribution in [-0.4, -0.2) is 10.7 Å². The van der Waals surface area contributed by atoms with Gasteiger partial charge in [-0.15, -0.1) is 0 Å². The lowest BCUT2D eigenvalue weighted by Gasteiger charge is -2.04. The number of pyridine rings is 1. The molecule has 0 atom stereocenters. The summed E-state index contributed by atoms with van der Waals surface area (Å²) >= 11 is 0. The van der Waals surface area contributed by atoms with Gasteiger partial charge >= 0.3 is 0 Å². The zero-order valence-corrected chi connectivity index (χ0v) is 13.2. The van der Waals surface area contributed by atoms with Crippen molar-refractivity contribution in [3.05, 3.63) is 65.5 Å². The van der Waals surface area contributed by atoms with E-state index in [-0.39, 0.29) is 0 Å². The van der Waals surface area contributed by atoms with Gasteiger partial charge in [0.15, 0.2) is 6.29 Å². The van der Waals surface area contributed by atoms with Gasteiger partial charge < -0.3 is 4.40 Å². The first kappa shape index (κ1) is 14.6. The molecule has 2 nitrogen and oxygen atoms in total. The molecule has 2 heteroatoms. The number of carbonyl (C=O) groups excluding carboxylic acids is 1. The molecule has 0 amide bonds. The number of aldehydes is 1. The van der Waals surface area contributed by atoms with Gasteiger partial charge in [0, 0.05) is 17.3 Å². The van der Waals surface area contributed by atoms with E-state index in [9.17, 15) is 4.79 Å². The predicted octanol–water partition coefficient (Wildman–Crippen LogP) is 5.07. The molecule has 22 heavy (non-hydrogen) atoms. The molecule has 1 aromatic carbocycles. The molecule has 0 spiro atoms. The maximum Gasteiger partial charge on any atom is 0.167 e. The standard InChI is InChI=1S/C20H21NO/c1-3-4-5-16-6-8-17(9-7-16)19-13-18-12-15(2)10-11-21(18)20(19)14-22/h6-14H,3-5H2,1-2H3. The van der Waals surface area contributed by atoms with E-state index in [0.717, 1.165) is 35.0 Å². The number of unbranched alkanes of at least 4 members (excludes halogenated alkanes) is 1. The zero-order chi connectivity index (χ0) is 15.5. The molecule has 2 aromatic heterocycles. The first-order valence-corrected chi connectivity index (χ1v) is 7.89. The molecule has 0 saturated carbocycles. The number of fused-ring (bicyclic) bond motifs is 1. The molecule has 112 valence electrons. The van der Waals surface area contributed by atoms with Gasteiger partial charge in [-0.2, -0.15) is 0 Å². The van der Waals surface area contributed by atoms with Gasteiger partial charge in [-0.3, -0.25) is 4.79 Å².